The summed E-state index contributed by atoms with van der Waals surface area (Å²) in [5, 5.41) is 12.9. The van der Waals surface area contributed by atoms with Crippen LogP contribution in [-0.4, -0.2) is 47.2 Å². The van der Waals surface area contributed by atoms with Gasteiger partial charge in [0.1, 0.15) is 0 Å². The van der Waals surface area contributed by atoms with Gasteiger partial charge in [0.15, 0.2) is 0 Å². The van der Waals surface area contributed by atoms with E-state index in [4.69, 9.17) is 5.11 Å². The average molecular weight is 282 g/mol. The normalized spacial score (nSPS) is 30.5. The Kier molecular flexibility index (Phi) is 5.85. The molecule has 1 saturated heterocycles. The Labute approximate surface area is 122 Å². The number of hydrogen-bond acceptors (Lipinski definition) is 3. The van der Waals surface area contributed by atoms with Crippen molar-refractivity contribution in [2.45, 2.75) is 76.9 Å². The average Bonchev–Trinajstić information content (AvgIpc) is 2.89. The number of aliphatic carboxylic acids is 1. The number of rotatable bonds is 6. The maximum Gasteiger partial charge on any atom is 0.303 e. The van der Waals surface area contributed by atoms with E-state index in [1.807, 2.05) is 0 Å². The summed E-state index contributed by atoms with van der Waals surface area (Å²) in [6, 6.07) is 1.70. The van der Waals surface area contributed by atoms with Gasteiger partial charge in [-0.15, -0.1) is 0 Å². The van der Waals surface area contributed by atoms with Crippen molar-refractivity contribution in [1.82, 2.24) is 10.2 Å². The minimum absolute atomic E-state index is 0.300. The third-order valence-corrected chi connectivity index (χ3v) is 5.07. The number of piperidine rings is 1. The molecule has 2 rings (SSSR count). The molecule has 2 N–H and O–H groups in total. The highest BCUT2D eigenvalue weighted by molar-refractivity contribution is 5.67. The maximum atomic E-state index is 11.0. The first kappa shape index (κ1) is 15.8. The van der Waals surface area contributed by atoms with Crippen LogP contribution in [0, 0.1) is 5.92 Å². The molecule has 0 bridgehead atoms. The first-order valence-electron chi connectivity index (χ1n) is 8.30. The molecule has 2 fully saturated rings. The van der Waals surface area contributed by atoms with Gasteiger partial charge < -0.3 is 10.4 Å². The van der Waals surface area contributed by atoms with E-state index >= 15 is 0 Å². The number of carboxylic acids is 1. The molecule has 0 aromatic heterocycles. The van der Waals surface area contributed by atoms with Crippen LogP contribution in [0.4, 0.5) is 0 Å². The fourth-order valence-electron chi connectivity index (χ4n) is 3.80. The summed E-state index contributed by atoms with van der Waals surface area (Å²) in [6.45, 7) is 6.51. The molecule has 0 amide bonds. The third kappa shape index (κ3) is 4.45. The van der Waals surface area contributed by atoms with Crippen LogP contribution in [0.1, 0.15) is 58.8 Å². The zero-order valence-corrected chi connectivity index (χ0v) is 13.0. The summed E-state index contributed by atoms with van der Waals surface area (Å²) in [5.74, 6) is -0.352. The molecule has 1 aliphatic heterocycles. The molecular formula is C16H30N2O2. The molecule has 0 aromatic rings. The third-order valence-electron chi connectivity index (χ3n) is 5.07. The quantitative estimate of drug-likeness (QED) is 0.786. The Balaban J connectivity index is 1.93. The van der Waals surface area contributed by atoms with Gasteiger partial charge in [0.25, 0.3) is 0 Å². The lowest BCUT2D eigenvalue weighted by atomic mass is 9.90. The largest absolute Gasteiger partial charge is 0.481 e. The first-order valence-corrected chi connectivity index (χ1v) is 8.30. The zero-order valence-electron chi connectivity index (χ0n) is 13.0. The maximum absolute atomic E-state index is 11.0. The molecule has 0 radical (unpaired) electrons. The molecule has 0 aromatic carbocycles. The second kappa shape index (κ2) is 7.41. The Hall–Kier alpha value is -0.610. The van der Waals surface area contributed by atoms with Crippen molar-refractivity contribution in [3.8, 4) is 0 Å². The smallest absolute Gasteiger partial charge is 0.303 e. The molecule has 3 atom stereocenters. The highest BCUT2D eigenvalue weighted by atomic mass is 16.4. The molecule has 1 heterocycles. The SMILES string of the molecule is CCC(C)N1CC(CC(=O)O)CC(NC2CCCC2)C1. The number of nitrogens with one attached hydrogen (secondary N) is 1. The number of carbonyl (C=O) groups is 1. The summed E-state index contributed by atoms with van der Waals surface area (Å²) in [6.07, 6.45) is 7.75. The number of nitrogens with zero attached hydrogens (tertiary/aromatic N) is 1. The standard InChI is InChI=1S/C16H30N2O2/c1-3-12(2)18-10-13(9-16(19)20)8-15(11-18)17-14-6-4-5-7-14/h12-15,17H,3-11H2,1-2H3,(H,19,20). The summed E-state index contributed by atoms with van der Waals surface area (Å²) in [5.41, 5.74) is 0. The van der Waals surface area contributed by atoms with Crippen molar-refractivity contribution in [1.29, 1.82) is 0 Å². The van der Waals surface area contributed by atoms with Gasteiger partial charge in [-0.25, -0.2) is 0 Å². The lowest BCUT2D eigenvalue weighted by Gasteiger charge is -2.41. The van der Waals surface area contributed by atoms with Crippen molar-refractivity contribution in [2.75, 3.05) is 13.1 Å². The second-order valence-corrected chi connectivity index (χ2v) is 6.76. The van der Waals surface area contributed by atoms with Crippen LogP contribution in [0.2, 0.25) is 0 Å². The van der Waals surface area contributed by atoms with Gasteiger partial charge in [-0.1, -0.05) is 19.8 Å². The number of carboxylic acid groups (broad SMARTS) is 1. The molecule has 116 valence electrons. The fraction of sp³-hybridized carbons (Fsp3) is 0.938. The Bertz CT molecular complexity index is 316. The summed E-state index contributed by atoms with van der Waals surface area (Å²) >= 11 is 0. The van der Waals surface area contributed by atoms with Gasteiger partial charge in [0, 0.05) is 37.6 Å². The topological polar surface area (TPSA) is 52.6 Å². The second-order valence-electron chi connectivity index (χ2n) is 6.76. The number of hydrogen-bond donors (Lipinski definition) is 2. The van der Waals surface area contributed by atoms with Crippen molar-refractivity contribution in [3.05, 3.63) is 0 Å². The van der Waals surface area contributed by atoms with Crippen LogP contribution in [0.5, 0.6) is 0 Å². The minimum atomic E-state index is -0.652. The van der Waals surface area contributed by atoms with E-state index in [-0.39, 0.29) is 0 Å². The minimum Gasteiger partial charge on any atom is -0.481 e. The van der Waals surface area contributed by atoms with E-state index in [2.05, 4.69) is 24.1 Å². The van der Waals surface area contributed by atoms with E-state index in [1.165, 1.54) is 25.7 Å². The van der Waals surface area contributed by atoms with Crippen molar-refractivity contribution in [2.24, 2.45) is 5.92 Å². The van der Waals surface area contributed by atoms with Crippen LogP contribution < -0.4 is 5.32 Å². The molecule has 0 spiro atoms. The van der Waals surface area contributed by atoms with Gasteiger partial charge in [0.05, 0.1) is 0 Å². The van der Waals surface area contributed by atoms with Crippen LogP contribution in [-0.2, 0) is 4.79 Å². The van der Waals surface area contributed by atoms with Gasteiger partial charge in [0.2, 0.25) is 0 Å². The highest BCUT2D eigenvalue weighted by Gasteiger charge is 2.31. The highest BCUT2D eigenvalue weighted by Crippen LogP contribution is 2.25. The van der Waals surface area contributed by atoms with Crippen LogP contribution in [0.15, 0.2) is 0 Å². The molecule has 3 unspecified atom stereocenters. The van der Waals surface area contributed by atoms with Crippen molar-refractivity contribution in [3.63, 3.8) is 0 Å². The van der Waals surface area contributed by atoms with E-state index in [1.54, 1.807) is 0 Å². The summed E-state index contributed by atoms with van der Waals surface area (Å²) < 4.78 is 0. The zero-order chi connectivity index (χ0) is 14.5. The van der Waals surface area contributed by atoms with Gasteiger partial charge >= 0.3 is 5.97 Å². The Morgan fingerprint density at radius 3 is 2.60 bits per heavy atom. The van der Waals surface area contributed by atoms with E-state index in [9.17, 15) is 4.79 Å². The van der Waals surface area contributed by atoms with E-state index in [0.29, 0.717) is 30.5 Å². The lowest BCUT2D eigenvalue weighted by Crippen LogP contribution is -2.53. The molecule has 20 heavy (non-hydrogen) atoms. The molecule has 4 heteroatoms. The van der Waals surface area contributed by atoms with Gasteiger partial charge in [-0.2, -0.15) is 0 Å². The van der Waals surface area contributed by atoms with E-state index in [0.717, 1.165) is 25.9 Å². The van der Waals surface area contributed by atoms with Crippen LogP contribution in [0.25, 0.3) is 0 Å². The Morgan fingerprint density at radius 2 is 2.00 bits per heavy atom. The van der Waals surface area contributed by atoms with Gasteiger partial charge in [-0.05, 0) is 38.5 Å². The van der Waals surface area contributed by atoms with Crippen LogP contribution >= 0.6 is 0 Å². The lowest BCUT2D eigenvalue weighted by molar-refractivity contribution is -0.138. The summed E-state index contributed by atoms with van der Waals surface area (Å²) in [7, 11) is 0. The monoisotopic (exact) mass is 282 g/mol. The predicted molar refractivity (Wildman–Crippen MR) is 80.9 cm³/mol. The van der Waals surface area contributed by atoms with Gasteiger partial charge in [-0.3, -0.25) is 9.69 Å². The molecule has 1 saturated carbocycles. The van der Waals surface area contributed by atoms with Crippen molar-refractivity contribution < 1.29 is 9.90 Å². The number of likely N-dealkylation sites (tertiary alicyclic amines) is 1. The predicted octanol–water partition coefficient (Wildman–Crippen LogP) is 2.48. The van der Waals surface area contributed by atoms with E-state index < -0.39 is 5.97 Å². The molecule has 2 aliphatic rings. The molecule has 4 nitrogen and oxygen atoms in total. The Morgan fingerprint density at radius 1 is 1.30 bits per heavy atom. The van der Waals surface area contributed by atoms with Crippen LogP contribution in [0.3, 0.4) is 0 Å². The summed E-state index contributed by atoms with van der Waals surface area (Å²) in [4.78, 5) is 13.5. The van der Waals surface area contributed by atoms with Crippen molar-refractivity contribution >= 4 is 5.97 Å². The fourth-order valence-corrected chi connectivity index (χ4v) is 3.80. The first-order chi connectivity index (χ1) is 9.58. The molecule has 1 aliphatic carbocycles. The molecular weight excluding hydrogens is 252 g/mol.